The summed E-state index contributed by atoms with van der Waals surface area (Å²) in [5.41, 5.74) is 2.17. The second-order valence-corrected chi connectivity index (χ2v) is 10.6. The van der Waals surface area contributed by atoms with Gasteiger partial charge in [-0.25, -0.2) is 0 Å². The van der Waals surface area contributed by atoms with Crippen molar-refractivity contribution >= 4 is 5.91 Å². The van der Waals surface area contributed by atoms with Crippen LogP contribution in [0.5, 0.6) is 0 Å². The molecule has 35 heavy (non-hydrogen) atoms. The highest BCUT2D eigenvalue weighted by atomic mass is 16.2. The van der Waals surface area contributed by atoms with Gasteiger partial charge in [0.1, 0.15) is 0 Å². The minimum atomic E-state index is -0.209. The molecule has 1 heterocycles. The van der Waals surface area contributed by atoms with Crippen molar-refractivity contribution < 1.29 is 4.79 Å². The van der Waals surface area contributed by atoms with Crippen molar-refractivity contribution in [3.63, 3.8) is 0 Å². The molecule has 2 fully saturated rings. The number of nitrogens with zero attached hydrogens (tertiary/aromatic N) is 1. The molecule has 2 aromatic rings. The van der Waals surface area contributed by atoms with Gasteiger partial charge in [-0.15, -0.1) is 0 Å². The second-order valence-electron chi connectivity index (χ2n) is 10.6. The molecule has 2 aliphatic rings. The van der Waals surface area contributed by atoms with Crippen LogP contribution in [0.3, 0.4) is 0 Å². The van der Waals surface area contributed by atoms with Gasteiger partial charge >= 0.3 is 0 Å². The third-order valence-electron chi connectivity index (χ3n) is 7.99. The highest BCUT2D eigenvalue weighted by Crippen LogP contribution is 2.29. The summed E-state index contributed by atoms with van der Waals surface area (Å²) in [6.07, 6.45) is 11.9. The van der Waals surface area contributed by atoms with E-state index in [9.17, 15) is 4.79 Å². The Balaban J connectivity index is 1.13. The lowest BCUT2D eigenvalue weighted by Gasteiger charge is -2.34. The Bertz CT molecular complexity index is 803. The first-order valence-corrected chi connectivity index (χ1v) is 14.1. The Morgan fingerprint density at radius 3 is 1.71 bits per heavy atom. The molecule has 4 nitrogen and oxygen atoms in total. The van der Waals surface area contributed by atoms with Gasteiger partial charge in [0, 0.05) is 13.1 Å². The van der Waals surface area contributed by atoms with Gasteiger partial charge in [0.2, 0.25) is 5.91 Å². The number of hydrogen-bond donors (Lipinski definition) is 2. The molecule has 2 aromatic carbocycles. The maximum absolute atomic E-state index is 13.6. The van der Waals surface area contributed by atoms with Crippen LogP contribution in [0.1, 0.15) is 74.8 Å². The summed E-state index contributed by atoms with van der Waals surface area (Å²) in [6, 6.07) is 20.5. The molecule has 0 radical (unpaired) electrons. The number of amides is 1. The van der Waals surface area contributed by atoms with Crippen molar-refractivity contribution in [3.8, 4) is 0 Å². The summed E-state index contributed by atoms with van der Waals surface area (Å²) in [4.78, 5) is 15.7. The molecule has 1 amide bonds. The lowest BCUT2D eigenvalue weighted by Crippen LogP contribution is -2.43. The van der Waals surface area contributed by atoms with Gasteiger partial charge in [-0.3, -0.25) is 4.79 Å². The molecule has 4 heteroatoms. The van der Waals surface area contributed by atoms with E-state index >= 15 is 0 Å². The minimum absolute atomic E-state index is 0.209. The molecule has 190 valence electrons. The predicted molar refractivity (Wildman–Crippen MR) is 146 cm³/mol. The van der Waals surface area contributed by atoms with Gasteiger partial charge in [-0.1, -0.05) is 79.9 Å². The van der Waals surface area contributed by atoms with Crippen molar-refractivity contribution in [2.45, 2.75) is 63.7 Å². The van der Waals surface area contributed by atoms with E-state index in [0.29, 0.717) is 5.92 Å². The zero-order valence-corrected chi connectivity index (χ0v) is 21.5. The van der Waals surface area contributed by atoms with E-state index in [2.05, 4.69) is 39.8 Å². The lowest BCUT2D eigenvalue weighted by atomic mass is 9.88. The van der Waals surface area contributed by atoms with Gasteiger partial charge < -0.3 is 15.5 Å². The Kier molecular flexibility index (Phi) is 10.7. The summed E-state index contributed by atoms with van der Waals surface area (Å²) in [5.74, 6) is 1.64. The van der Waals surface area contributed by atoms with Crippen molar-refractivity contribution in [1.29, 1.82) is 0 Å². The highest BCUT2D eigenvalue weighted by Gasteiger charge is 2.30. The minimum Gasteiger partial charge on any atom is -0.342 e. The first kappa shape index (κ1) is 25.9. The van der Waals surface area contributed by atoms with E-state index in [0.717, 1.165) is 62.6 Å². The molecule has 0 spiro atoms. The molecule has 1 aliphatic carbocycles. The molecular weight excluding hydrogens is 430 g/mol. The second kappa shape index (κ2) is 14.4. The average Bonchev–Trinajstić information content (AvgIpc) is 2.92. The van der Waals surface area contributed by atoms with Crippen molar-refractivity contribution in [3.05, 3.63) is 71.8 Å². The summed E-state index contributed by atoms with van der Waals surface area (Å²) in [7, 11) is 0. The number of carbonyl (C=O) groups excluding carboxylic acids is 1. The normalized spacial score (nSPS) is 17.7. The Hall–Kier alpha value is -2.17. The lowest BCUT2D eigenvalue weighted by molar-refractivity contribution is -0.133. The van der Waals surface area contributed by atoms with E-state index < -0.39 is 0 Å². The molecular formula is C31H45N3O. The number of carbonyl (C=O) groups is 1. The number of unbranched alkanes of at least 4 members (excludes halogenated alkanes) is 1. The molecule has 1 saturated carbocycles. The van der Waals surface area contributed by atoms with Crippen molar-refractivity contribution in [2.24, 2.45) is 11.8 Å². The van der Waals surface area contributed by atoms with Gasteiger partial charge in [0.15, 0.2) is 0 Å². The van der Waals surface area contributed by atoms with Crippen LogP contribution in [-0.4, -0.2) is 50.1 Å². The van der Waals surface area contributed by atoms with E-state index in [4.69, 9.17) is 0 Å². The fourth-order valence-electron chi connectivity index (χ4n) is 5.81. The SMILES string of the molecule is O=C(C(c1ccccc1)c1ccccc1)N1CCC(CNCCCCNCC2CCCCC2)CC1. The number of hydrogen-bond acceptors (Lipinski definition) is 3. The average molecular weight is 476 g/mol. The number of nitrogens with one attached hydrogen (secondary N) is 2. The molecule has 1 saturated heterocycles. The first-order valence-electron chi connectivity index (χ1n) is 14.1. The van der Waals surface area contributed by atoms with Crippen LogP contribution in [0, 0.1) is 11.8 Å². The maximum Gasteiger partial charge on any atom is 0.234 e. The van der Waals surface area contributed by atoms with Crippen LogP contribution < -0.4 is 10.6 Å². The first-order chi connectivity index (χ1) is 17.3. The fourth-order valence-corrected chi connectivity index (χ4v) is 5.81. The van der Waals surface area contributed by atoms with Gasteiger partial charge in [0.25, 0.3) is 0 Å². The highest BCUT2D eigenvalue weighted by molar-refractivity contribution is 5.87. The number of likely N-dealkylation sites (tertiary alicyclic amines) is 1. The van der Waals surface area contributed by atoms with E-state index in [-0.39, 0.29) is 11.8 Å². The Morgan fingerprint density at radius 1 is 0.714 bits per heavy atom. The summed E-state index contributed by atoms with van der Waals surface area (Å²) in [6.45, 7) is 6.30. The van der Waals surface area contributed by atoms with E-state index in [1.807, 2.05) is 36.4 Å². The van der Waals surface area contributed by atoms with Gasteiger partial charge in [0.05, 0.1) is 5.92 Å². The van der Waals surface area contributed by atoms with E-state index in [1.54, 1.807) is 0 Å². The zero-order valence-electron chi connectivity index (χ0n) is 21.5. The van der Waals surface area contributed by atoms with Crippen LogP contribution in [0.4, 0.5) is 0 Å². The fraction of sp³-hybridized carbons (Fsp3) is 0.581. The van der Waals surface area contributed by atoms with Gasteiger partial charge in [-0.2, -0.15) is 0 Å². The molecule has 1 aliphatic heterocycles. The van der Waals surface area contributed by atoms with Gasteiger partial charge in [-0.05, 0) is 87.7 Å². The van der Waals surface area contributed by atoms with Crippen LogP contribution in [0.2, 0.25) is 0 Å². The summed E-state index contributed by atoms with van der Waals surface area (Å²) < 4.78 is 0. The third-order valence-corrected chi connectivity index (χ3v) is 7.99. The van der Waals surface area contributed by atoms with Crippen molar-refractivity contribution in [2.75, 3.05) is 39.3 Å². The van der Waals surface area contributed by atoms with Crippen molar-refractivity contribution in [1.82, 2.24) is 15.5 Å². The Labute approximate surface area is 212 Å². The Morgan fingerprint density at radius 2 is 1.20 bits per heavy atom. The van der Waals surface area contributed by atoms with Crippen LogP contribution in [-0.2, 0) is 4.79 Å². The standard InChI is InChI=1S/C31H45N3O/c35-31(30(28-14-6-2-7-15-28)29-16-8-3-9-17-29)34-22-18-27(19-23-34)25-33-21-11-10-20-32-24-26-12-4-1-5-13-26/h2-3,6-9,14-17,26-27,30,32-33H,1,4-5,10-13,18-25H2. The number of rotatable bonds is 12. The molecule has 0 aromatic heterocycles. The summed E-state index contributed by atoms with van der Waals surface area (Å²) in [5, 5.41) is 7.36. The van der Waals surface area contributed by atoms with Crippen LogP contribution in [0.25, 0.3) is 0 Å². The molecule has 0 unspecified atom stereocenters. The number of piperidine rings is 1. The zero-order chi connectivity index (χ0) is 24.1. The smallest absolute Gasteiger partial charge is 0.234 e. The molecule has 0 bridgehead atoms. The predicted octanol–water partition coefficient (Wildman–Crippen LogP) is 5.60. The third kappa shape index (κ3) is 8.18. The molecule has 4 rings (SSSR count). The summed E-state index contributed by atoms with van der Waals surface area (Å²) >= 11 is 0. The largest absolute Gasteiger partial charge is 0.342 e. The van der Waals surface area contributed by atoms with E-state index in [1.165, 1.54) is 51.5 Å². The number of benzene rings is 2. The monoisotopic (exact) mass is 475 g/mol. The topological polar surface area (TPSA) is 44.4 Å². The van der Waals surface area contributed by atoms with Crippen LogP contribution in [0.15, 0.2) is 60.7 Å². The quantitative estimate of drug-likeness (QED) is 0.393. The van der Waals surface area contributed by atoms with Crippen LogP contribution >= 0.6 is 0 Å². The maximum atomic E-state index is 13.6. The molecule has 2 N–H and O–H groups in total. The molecule has 0 atom stereocenters.